The van der Waals surface area contributed by atoms with Gasteiger partial charge in [-0.2, -0.15) is 4.39 Å². The van der Waals surface area contributed by atoms with Gasteiger partial charge in [0.15, 0.2) is 0 Å². The third kappa shape index (κ3) is 3.26. The SMILES string of the molecule is CCC(C)c1cc(C)c(-c2cc(C)cc(F)c2[N+](=O)[O-])c(C)c1. The molecule has 2 aromatic carbocycles. The van der Waals surface area contributed by atoms with Crippen LogP contribution in [0.3, 0.4) is 0 Å². The quantitative estimate of drug-likeness (QED) is 0.525. The van der Waals surface area contributed by atoms with Crippen molar-refractivity contribution >= 4 is 5.69 Å². The van der Waals surface area contributed by atoms with E-state index in [2.05, 4.69) is 26.0 Å². The number of hydrogen-bond donors (Lipinski definition) is 0. The van der Waals surface area contributed by atoms with E-state index in [1.54, 1.807) is 13.0 Å². The van der Waals surface area contributed by atoms with Crippen molar-refractivity contribution in [3.05, 3.63) is 62.5 Å². The Bertz CT molecular complexity index is 745. The van der Waals surface area contributed by atoms with Crippen LogP contribution in [-0.4, -0.2) is 4.92 Å². The van der Waals surface area contributed by atoms with Gasteiger partial charge in [0.25, 0.3) is 0 Å². The Kier molecular flexibility index (Phi) is 4.83. The molecule has 1 atom stereocenters. The highest BCUT2D eigenvalue weighted by Crippen LogP contribution is 2.38. The monoisotopic (exact) mass is 315 g/mol. The molecule has 0 N–H and O–H groups in total. The lowest BCUT2D eigenvalue weighted by molar-refractivity contribution is -0.386. The van der Waals surface area contributed by atoms with Crippen LogP contribution in [0.5, 0.6) is 0 Å². The molecule has 0 aliphatic carbocycles. The van der Waals surface area contributed by atoms with Crippen molar-refractivity contribution in [1.29, 1.82) is 0 Å². The van der Waals surface area contributed by atoms with Crippen molar-refractivity contribution in [1.82, 2.24) is 0 Å². The zero-order valence-electron chi connectivity index (χ0n) is 14.2. The minimum absolute atomic E-state index is 0.359. The fraction of sp³-hybridized carbons (Fsp3) is 0.368. The molecule has 0 aromatic heterocycles. The van der Waals surface area contributed by atoms with Gasteiger partial charge < -0.3 is 0 Å². The summed E-state index contributed by atoms with van der Waals surface area (Å²) < 4.78 is 14.1. The molecule has 0 saturated carbocycles. The molecule has 0 saturated heterocycles. The van der Waals surface area contributed by atoms with Crippen LogP contribution < -0.4 is 0 Å². The van der Waals surface area contributed by atoms with Crippen LogP contribution in [-0.2, 0) is 0 Å². The Labute approximate surface area is 136 Å². The number of aryl methyl sites for hydroxylation is 3. The maximum atomic E-state index is 14.1. The van der Waals surface area contributed by atoms with Crippen LogP contribution >= 0.6 is 0 Å². The molecule has 0 amide bonds. The van der Waals surface area contributed by atoms with Gasteiger partial charge in [-0.15, -0.1) is 0 Å². The number of nitro groups is 1. The van der Waals surface area contributed by atoms with E-state index in [0.29, 0.717) is 17.0 Å². The van der Waals surface area contributed by atoms with E-state index in [-0.39, 0.29) is 0 Å². The first-order chi connectivity index (χ1) is 10.8. The van der Waals surface area contributed by atoms with Gasteiger partial charge >= 0.3 is 5.69 Å². The lowest BCUT2D eigenvalue weighted by Gasteiger charge is -2.17. The summed E-state index contributed by atoms with van der Waals surface area (Å²) in [5.41, 5.74) is 4.43. The van der Waals surface area contributed by atoms with E-state index in [0.717, 1.165) is 23.1 Å². The van der Waals surface area contributed by atoms with Gasteiger partial charge in [0.05, 0.1) is 10.5 Å². The number of halogens is 1. The average Bonchev–Trinajstić information content (AvgIpc) is 2.44. The Morgan fingerprint density at radius 2 is 1.70 bits per heavy atom. The van der Waals surface area contributed by atoms with Crippen LogP contribution in [0.1, 0.15) is 48.4 Å². The molecule has 0 bridgehead atoms. The molecule has 0 heterocycles. The lowest BCUT2D eigenvalue weighted by Crippen LogP contribution is -2.01. The smallest absolute Gasteiger partial charge is 0.258 e. The van der Waals surface area contributed by atoms with Crippen LogP contribution in [0, 0.1) is 36.7 Å². The van der Waals surface area contributed by atoms with Crippen molar-refractivity contribution < 1.29 is 9.31 Å². The van der Waals surface area contributed by atoms with E-state index in [9.17, 15) is 14.5 Å². The van der Waals surface area contributed by atoms with Gasteiger partial charge in [0.1, 0.15) is 0 Å². The third-order valence-electron chi connectivity index (χ3n) is 4.40. The number of nitrogens with zero attached hydrogens (tertiary/aromatic N) is 1. The summed E-state index contributed by atoms with van der Waals surface area (Å²) in [5.74, 6) is -0.361. The summed E-state index contributed by atoms with van der Waals surface area (Å²) in [4.78, 5) is 10.7. The lowest BCUT2D eigenvalue weighted by atomic mass is 9.88. The van der Waals surface area contributed by atoms with E-state index in [1.807, 2.05) is 13.8 Å². The van der Waals surface area contributed by atoms with Crippen LogP contribution in [0.25, 0.3) is 11.1 Å². The summed E-state index contributed by atoms with van der Waals surface area (Å²) in [5, 5.41) is 11.3. The van der Waals surface area contributed by atoms with E-state index in [1.165, 1.54) is 11.6 Å². The first kappa shape index (κ1) is 17.1. The Hall–Kier alpha value is -2.23. The van der Waals surface area contributed by atoms with Crippen molar-refractivity contribution in [2.45, 2.75) is 47.0 Å². The predicted octanol–water partition coefficient (Wildman–Crippen LogP) is 5.84. The highest BCUT2D eigenvalue weighted by atomic mass is 19.1. The van der Waals surface area contributed by atoms with E-state index < -0.39 is 16.4 Å². The zero-order chi connectivity index (χ0) is 17.3. The summed E-state index contributed by atoms with van der Waals surface area (Å²) in [6, 6.07) is 7.01. The maximum absolute atomic E-state index is 14.1. The fourth-order valence-corrected chi connectivity index (χ4v) is 3.05. The summed E-state index contributed by atoms with van der Waals surface area (Å²) in [6.45, 7) is 9.89. The van der Waals surface area contributed by atoms with Gasteiger partial charge in [0, 0.05) is 0 Å². The highest BCUT2D eigenvalue weighted by molar-refractivity contribution is 5.79. The Balaban J connectivity index is 2.75. The molecule has 0 fully saturated rings. The van der Waals surface area contributed by atoms with Gasteiger partial charge in [-0.3, -0.25) is 10.1 Å². The standard InChI is InChI=1S/C19H22FNO2/c1-6-12(3)15-9-13(4)18(14(5)10-15)16-7-11(2)8-17(20)19(16)21(22)23/h7-10,12H,6H2,1-5H3. The molecule has 122 valence electrons. The predicted molar refractivity (Wildman–Crippen MR) is 91.4 cm³/mol. The second-order valence-corrected chi connectivity index (χ2v) is 6.24. The van der Waals surface area contributed by atoms with Crippen LogP contribution in [0.15, 0.2) is 24.3 Å². The minimum Gasteiger partial charge on any atom is -0.258 e. The van der Waals surface area contributed by atoms with E-state index in [4.69, 9.17) is 0 Å². The molecule has 0 radical (unpaired) electrons. The topological polar surface area (TPSA) is 43.1 Å². The summed E-state index contributed by atoms with van der Waals surface area (Å²) in [6.07, 6.45) is 1.03. The van der Waals surface area contributed by atoms with Crippen molar-refractivity contribution in [2.24, 2.45) is 0 Å². The van der Waals surface area contributed by atoms with Crippen molar-refractivity contribution in [3.8, 4) is 11.1 Å². The fourth-order valence-electron chi connectivity index (χ4n) is 3.05. The van der Waals surface area contributed by atoms with Crippen LogP contribution in [0.4, 0.5) is 10.1 Å². The van der Waals surface area contributed by atoms with Gasteiger partial charge in [0.2, 0.25) is 5.82 Å². The molecular weight excluding hydrogens is 293 g/mol. The molecule has 2 aromatic rings. The molecule has 4 heteroatoms. The first-order valence-electron chi connectivity index (χ1n) is 7.82. The molecule has 23 heavy (non-hydrogen) atoms. The zero-order valence-corrected chi connectivity index (χ0v) is 14.2. The Morgan fingerprint density at radius 1 is 1.13 bits per heavy atom. The second kappa shape index (κ2) is 6.49. The first-order valence-corrected chi connectivity index (χ1v) is 7.82. The third-order valence-corrected chi connectivity index (χ3v) is 4.40. The molecule has 1 unspecified atom stereocenters. The molecule has 2 rings (SSSR count). The Morgan fingerprint density at radius 3 is 2.17 bits per heavy atom. The van der Waals surface area contributed by atoms with Gasteiger partial charge in [-0.05, 0) is 73.1 Å². The number of benzene rings is 2. The molecule has 0 spiro atoms. The van der Waals surface area contributed by atoms with Crippen LogP contribution in [0.2, 0.25) is 0 Å². The molecular formula is C19H22FNO2. The number of rotatable bonds is 4. The number of nitro benzene ring substituents is 1. The average molecular weight is 315 g/mol. The normalized spacial score (nSPS) is 12.3. The molecule has 3 nitrogen and oxygen atoms in total. The van der Waals surface area contributed by atoms with Crippen molar-refractivity contribution in [2.75, 3.05) is 0 Å². The summed E-state index contributed by atoms with van der Waals surface area (Å²) >= 11 is 0. The maximum Gasteiger partial charge on any atom is 0.312 e. The number of hydrogen-bond acceptors (Lipinski definition) is 2. The molecule has 0 aliphatic rings. The largest absolute Gasteiger partial charge is 0.312 e. The van der Waals surface area contributed by atoms with E-state index >= 15 is 0 Å². The van der Waals surface area contributed by atoms with Gasteiger partial charge in [-0.1, -0.05) is 26.0 Å². The highest BCUT2D eigenvalue weighted by Gasteiger charge is 2.24. The van der Waals surface area contributed by atoms with Crippen molar-refractivity contribution in [3.63, 3.8) is 0 Å². The minimum atomic E-state index is -0.783. The second-order valence-electron chi connectivity index (χ2n) is 6.24. The summed E-state index contributed by atoms with van der Waals surface area (Å²) in [7, 11) is 0. The molecule has 0 aliphatic heterocycles. The van der Waals surface area contributed by atoms with Gasteiger partial charge in [-0.25, -0.2) is 0 Å².